The van der Waals surface area contributed by atoms with Crippen LogP contribution in [0.15, 0.2) is 24.3 Å². The van der Waals surface area contributed by atoms with Crippen molar-refractivity contribution < 1.29 is 43.2 Å². The van der Waals surface area contributed by atoms with Crippen LogP contribution in [0.25, 0.3) is 5.57 Å². The van der Waals surface area contributed by atoms with Gasteiger partial charge in [-0.3, -0.25) is 10.1 Å². The molecule has 134 valence electrons. The molecular weight excluding hydrogens is 335 g/mol. The number of rotatable bonds is 3. The van der Waals surface area contributed by atoms with E-state index in [2.05, 4.69) is 0 Å². The van der Waals surface area contributed by atoms with E-state index < -0.39 is 33.8 Å². The summed E-state index contributed by atoms with van der Waals surface area (Å²) in [4.78, 5) is 34.8. The second kappa shape index (κ2) is 8.39. The van der Waals surface area contributed by atoms with Crippen LogP contribution >= 0.6 is 0 Å². The van der Waals surface area contributed by atoms with E-state index >= 15 is 0 Å². The van der Waals surface area contributed by atoms with Crippen LogP contribution in [0.4, 0.5) is 10.5 Å². The molecule has 1 amide bonds. The summed E-state index contributed by atoms with van der Waals surface area (Å²) in [6.45, 7) is 6.09. The molecule has 9 heteroatoms. The number of benzene rings is 1. The first-order valence-corrected chi connectivity index (χ1v) is 7.75. The first kappa shape index (κ1) is 21.7. The fraction of sp³-hybridized carbons (Fsp3) is 0.412. The molecule has 2 rings (SSSR count). The molecule has 0 bridgehead atoms. The third-order valence-corrected chi connectivity index (χ3v) is 3.65. The minimum atomic E-state index is -1.59. The van der Waals surface area contributed by atoms with Gasteiger partial charge in [-0.1, -0.05) is 12.1 Å². The summed E-state index contributed by atoms with van der Waals surface area (Å²) in [5.41, 5.74) is -0.176. The number of nitrogens with zero attached hydrogens (tertiary/aromatic N) is 2. The standard InChI is InChI=1S/C17H20N2O6.Li/c1-17(2,3)25-16(22)18-8-6-11(7-9-18)12-4-5-13(15(20)21)14(10-12)19(23)24;/h4-6,10H,7-9H2,1-3H3,(H,20,21);/q;+1/p-1. The number of nitro benzene ring substituents is 1. The van der Waals surface area contributed by atoms with E-state index in [0.29, 0.717) is 25.1 Å². The van der Waals surface area contributed by atoms with Crippen molar-refractivity contribution in [3.05, 3.63) is 45.5 Å². The van der Waals surface area contributed by atoms with Crippen molar-refractivity contribution >= 4 is 23.3 Å². The Kier molecular flexibility index (Phi) is 7.01. The van der Waals surface area contributed by atoms with Crippen LogP contribution in [0.1, 0.15) is 43.1 Å². The van der Waals surface area contributed by atoms with Gasteiger partial charge in [0.2, 0.25) is 0 Å². The first-order valence-electron chi connectivity index (χ1n) is 7.75. The Morgan fingerprint density at radius 1 is 1.27 bits per heavy atom. The van der Waals surface area contributed by atoms with Gasteiger partial charge in [-0.15, -0.1) is 0 Å². The number of nitro groups is 1. The zero-order chi connectivity index (χ0) is 18.8. The van der Waals surface area contributed by atoms with E-state index in [9.17, 15) is 24.8 Å². The molecule has 1 aliphatic heterocycles. The van der Waals surface area contributed by atoms with Gasteiger partial charge in [0.1, 0.15) is 5.60 Å². The van der Waals surface area contributed by atoms with Crippen molar-refractivity contribution in [1.82, 2.24) is 4.90 Å². The Morgan fingerprint density at radius 3 is 2.38 bits per heavy atom. The quantitative estimate of drug-likeness (QED) is 0.390. The van der Waals surface area contributed by atoms with Crippen LogP contribution in [0.5, 0.6) is 0 Å². The average Bonchev–Trinajstić information content (AvgIpc) is 2.52. The number of carbonyl (C=O) groups excluding carboxylic acids is 2. The van der Waals surface area contributed by atoms with Gasteiger partial charge in [0.15, 0.2) is 0 Å². The molecule has 0 saturated heterocycles. The molecule has 0 spiro atoms. The monoisotopic (exact) mass is 354 g/mol. The van der Waals surface area contributed by atoms with Gasteiger partial charge in [0.05, 0.1) is 16.5 Å². The molecule has 0 unspecified atom stereocenters. The largest absolute Gasteiger partial charge is 1.00 e. The Bertz CT molecular complexity index is 754. The van der Waals surface area contributed by atoms with Crippen molar-refractivity contribution in [3.8, 4) is 0 Å². The second-order valence-electron chi connectivity index (χ2n) is 6.68. The molecule has 1 heterocycles. The zero-order valence-electron chi connectivity index (χ0n) is 15.3. The average molecular weight is 354 g/mol. The minimum Gasteiger partial charge on any atom is -0.545 e. The molecular formula is C17H19LiN2O6. The van der Waals surface area contributed by atoms with E-state index in [1.807, 2.05) is 0 Å². The zero-order valence-corrected chi connectivity index (χ0v) is 15.3. The van der Waals surface area contributed by atoms with Gasteiger partial charge >= 0.3 is 25.0 Å². The van der Waals surface area contributed by atoms with Crippen molar-refractivity contribution in [2.45, 2.75) is 32.8 Å². The van der Waals surface area contributed by atoms with E-state index in [1.165, 1.54) is 18.2 Å². The third kappa shape index (κ3) is 5.35. The number of hydrogen-bond acceptors (Lipinski definition) is 6. The molecule has 0 fully saturated rings. The Morgan fingerprint density at radius 2 is 1.92 bits per heavy atom. The Labute approximate surface area is 163 Å². The van der Waals surface area contributed by atoms with Crippen molar-refractivity contribution in [2.24, 2.45) is 0 Å². The van der Waals surface area contributed by atoms with Crippen LogP contribution in [0, 0.1) is 10.1 Å². The molecule has 0 N–H and O–H groups in total. The Balaban J connectivity index is 0.00000338. The number of aromatic carboxylic acids is 1. The van der Waals surface area contributed by atoms with E-state index in [1.54, 1.807) is 31.7 Å². The topological polar surface area (TPSA) is 113 Å². The van der Waals surface area contributed by atoms with Crippen molar-refractivity contribution in [2.75, 3.05) is 13.1 Å². The van der Waals surface area contributed by atoms with Gasteiger partial charge in [-0.2, -0.15) is 0 Å². The molecule has 1 aromatic rings. The number of hydrogen-bond donors (Lipinski definition) is 0. The van der Waals surface area contributed by atoms with Gasteiger partial charge in [-0.25, -0.2) is 4.79 Å². The predicted molar refractivity (Wildman–Crippen MR) is 87.8 cm³/mol. The number of carboxylic acids is 1. The third-order valence-electron chi connectivity index (χ3n) is 3.65. The minimum absolute atomic E-state index is 0. The van der Waals surface area contributed by atoms with Crippen molar-refractivity contribution in [1.29, 1.82) is 0 Å². The summed E-state index contributed by atoms with van der Waals surface area (Å²) in [7, 11) is 0. The molecule has 26 heavy (non-hydrogen) atoms. The SMILES string of the molecule is CC(C)(C)OC(=O)N1CC=C(c2ccc(C(=O)[O-])c([N+](=O)[O-])c2)CC1.[Li+]. The van der Waals surface area contributed by atoms with Gasteiger partial charge in [0, 0.05) is 19.2 Å². The van der Waals surface area contributed by atoms with Crippen LogP contribution in [-0.4, -0.2) is 40.6 Å². The Hall–Kier alpha value is -2.30. The van der Waals surface area contributed by atoms with Crippen LogP contribution in [0.2, 0.25) is 0 Å². The maximum Gasteiger partial charge on any atom is 1.00 e. The number of amides is 1. The van der Waals surface area contributed by atoms with Crippen LogP contribution < -0.4 is 24.0 Å². The van der Waals surface area contributed by atoms with Crippen molar-refractivity contribution in [3.63, 3.8) is 0 Å². The molecule has 0 saturated carbocycles. The molecule has 1 aliphatic rings. The molecule has 0 atom stereocenters. The molecule has 0 radical (unpaired) electrons. The normalized spacial score (nSPS) is 14.1. The summed E-state index contributed by atoms with van der Waals surface area (Å²) in [5, 5.41) is 22.0. The molecule has 8 nitrogen and oxygen atoms in total. The van der Waals surface area contributed by atoms with Crippen LogP contribution in [-0.2, 0) is 4.74 Å². The second-order valence-corrected chi connectivity index (χ2v) is 6.68. The summed E-state index contributed by atoms with van der Waals surface area (Å²) in [6.07, 6.45) is 1.85. The number of carboxylic acid groups (broad SMARTS) is 1. The first-order chi connectivity index (χ1) is 11.6. The van der Waals surface area contributed by atoms with Crippen LogP contribution in [0.3, 0.4) is 0 Å². The smallest absolute Gasteiger partial charge is 0.545 e. The van der Waals surface area contributed by atoms with E-state index in [0.717, 1.165) is 5.57 Å². The number of carbonyl (C=O) groups is 2. The van der Waals surface area contributed by atoms with Gasteiger partial charge in [-0.05, 0) is 44.4 Å². The summed E-state index contributed by atoms with van der Waals surface area (Å²) >= 11 is 0. The maximum absolute atomic E-state index is 12.0. The maximum atomic E-state index is 12.0. The molecule has 1 aromatic carbocycles. The fourth-order valence-electron chi connectivity index (χ4n) is 2.48. The fourth-order valence-corrected chi connectivity index (χ4v) is 2.48. The molecule has 0 aliphatic carbocycles. The van der Waals surface area contributed by atoms with E-state index in [4.69, 9.17) is 4.74 Å². The predicted octanol–water partition coefficient (Wildman–Crippen LogP) is -1.01. The van der Waals surface area contributed by atoms with Gasteiger partial charge < -0.3 is 19.5 Å². The van der Waals surface area contributed by atoms with Gasteiger partial charge in [0.25, 0.3) is 5.69 Å². The summed E-state index contributed by atoms with van der Waals surface area (Å²) in [5.74, 6) is -1.59. The summed E-state index contributed by atoms with van der Waals surface area (Å²) < 4.78 is 5.31. The molecule has 0 aromatic heterocycles. The van der Waals surface area contributed by atoms with E-state index in [-0.39, 0.29) is 18.9 Å². The summed E-state index contributed by atoms with van der Waals surface area (Å²) in [6, 6.07) is 3.90. The number of ether oxygens (including phenoxy) is 1.